The van der Waals surface area contributed by atoms with Crippen molar-refractivity contribution in [2.24, 2.45) is 0 Å². The van der Waals surface area contributed by atoms with Crippen molar-refractivity contribution in [2.45, 2.75) is 26.3 Å². The van der Waals surface area contributed by atoms with Crippen LogP contribution < -0.4 is 14.8 Å². The van der Waals surface area contributed by atoms with Crippen molar-refractivity contribution in [1.29, 1.82) is 0 Å². The van der Waals surface area contributed by atoms with Crippen LogP contribution in [-0.4, -0.2) is 34.9 Å². The number of nitrogens with one attached hydrogen (secondary N) is 1. The van der Waals surface area contributed by atoms with Gasteiger partial charge in [-0.3, -0.25) is 14.8 Å². The summed E-state index contributed by atoms with van der Waals surface area (Å²) in [5.41, 5.74) is 0.918. The number of benzene rings is 1. The van der Waals surface area contributed by atoms with Crippen molar-refractivity contribution in [3.63, 3.8) is 0 Å². The summed E-state index contributed by atoms with van der Waals surface area (Å²) in [6.45, 7) is 5.57. The molecule has 0 unspecified atom stereocenters. The molecule has 0 aliphatic heterocycles. The average Bonchev–Trinajstić information content (AvgIpc) is 3.30. The molecule has 0 atom stereocenters. The molecule has 0 bridgehead atoms. The lowest BCUT2D eigenvalue weighted by Crippen LogP contribution is -2.40. The predicted octanol–water partition coefficient (Wildman–Crippen LogP) is 3.71. The van der Waals surface area contributed by atoms with Crippen LogP contribution in [0.25, 0.3) is 11.1 Å². The van der Waals surface area contributed by atoms with Gasteiger partial charge in [-0.2, -0.15) is 5.10 Å². The molecule has 1 amide bonds. The third-order valence-electron chi connectivity index (χ3n) is 4.27. The summed E-state index contributed by atoms with van der Waals surface area (Å²) >= 11 is 1.44. The first kappa shape index (κ1) is 18.9. The highest BCUT2D eigenvalue weighted by atomic mass is 32.1. The molecule has 0 radical (unpaired) electrons. The van der Waals surface area contributed by atoms with Crippen molar-refractivity contribution in [3.05, 3.63) is 41.7 Å². The van der Waals surface area contributed by atoms with E-state index in [-0.39, 0.29) is 5.91 Å². The van der Waals surface area contributed by atoms with Crippen molar-refractivity contribution in [3.8, 4) is 22.6 Å². The summed E-state index contributed by atoms with van der Waals surface area (Å²) in [5, 5.41) is 7.83. The van der Waals surface area contributed by atoms with Crippen LogP contribution in [-0.2, 0) is 10.3 Å². The number of hydrogen-bond acceptors (Lipinski definition) is 6. The number of amides is 1. The number of thiazole rings is 1. The van der Waals surface area contributed by atoms with Crippen LogP contribution in [0, 0.1) is 6.92 Å². The maximum Gasteiger partial charge on any atom is 0.253 e. The predicted molar refractivity (Wildman–Crippen MR) is 106 cm³/mol. The summed E-state index contributed by atoms with van der Waals surface area (Å²) in [5.74, 6) is 1.12. The largest absolute Gasteiger partial charge is 0.493 e. The van der Waals surface area contributed by atoms with Gasteiger partial charge in [0.2, 0.25) is 0 Å². The van der Waals surface area contributed by atoms with Gasteiger partial charge in [0.25, 0.3) is 5.91 Å². The Morgan fingerprint density at radius 2 is 1.89 bits per heavy atom. The molecule has 7 nitrogen and oxygen atoms in total. The smallest absolute Gasteiger partial charge is 0.253 e. The number of methoxy groups -OCH3 is 2. The topological polar surface area (TPSA) is 78.3 Å². The van der Waals surface area contributed by atoms with E-state index >= 15 is 0 Å². The van der Waals surface area contributed by atoms with Crippen LogP contribution in [0.5, 0.6) is 11.5 Å². The second-order valence-corrected chi connectivity index (χ2v) is 7.77. The Kier molecular flexibility index (Phi) is 5.18. The summed E-state index contributed by atoms with van der Waals surface area (Å²) in [4.78, 5) is 18.0. The highest BCUT2D eigenvalue weighted by molar-refractivity contribution is 7.15. The molecular weight excluding hydrogens is 364 g/mol. The van der Waals surface area contributed by atoms with Crippen molar-refractivity contribution in [1.82, 2.24) is 14.8 Å². The minimum Gasteiger partial charge on any atom is -0.493 e. The monoisotopic (exact) mass is 386 g/mol. The molecule has 0 saturated heterocycles. The minimum atomic E-state index is -0.881. The van der Waals surface area contributed by atoms with Gasteiger partial charge in [-0.1, -0.05) is 6.07 Å². The molecule has 8 heteroatoms. The Morgan fingerprint density at radius 3 is 2.52 bits per heavy atom. The maximum atomic E-state index is 12.7. The van der Waals surface area contributed by atoms with Gasteiger partial charge in [0.05, 0.1) is 20.4 Å². The van der Waals surface area contributed by atoms with Gasteiger partial charge in [-0.25, -0.2) is 4.98 Å². The van der Waals surface area contributed by atoms with Gasteiger partial charge in [0, 0.05) is 22.8 Å². The Labute approximate surface area is 162 Å². The van der Waals surface area contributed by atoms with Crippen LogP contribution in [0.15, 0.2) is 36.8 Å². The van der Waals surface area contributed by atoms with Crippen LogP contribution in [0.1, 0.15) is 18.7 Å². The zero-order valence-corrected chi connectivity index (χ0v) is 16.8. The van der Waals surface area contributed by atoms with E-state index in [4.69, 9.17) is 9.47 Å². The number of anilines is 1. The average molecular weight is 386 g/mol. The molecule has 0 saturated carbocycles. The van der Waals surface area contributed by atoms with E-state index in [1.165, 1.54) is 11.3 Å². The first-order valence-corrected chi connectivity index (χ1v) is 9.18. The zero-order valence-electron chi connectivity index (χ0n) is 15.9. The molecule has 2 heterocycles. The van der Waals surface area contributed by atoms with Gasteiger partial charge < -0.3 is 9.47 Å². The number of ether oxygens (including phenoxy) is 2. The molecule has 3 rings (SSSR count). The van der Waals surface area contributed by atoms with Crippen LogP contribution >= 0.6 is 11.3 Å². The Balaban J connectivity index is 1.84. The summed E-state index contributed by atoms with van der Waals surface area (Å²) < 4.78 is 12.3. The second-order valence-electron chi connectivity index (χ2n) is 6.53. The fraction of sp³-hybridized carbons (Fsp3) is 0.316. The quantitative estimate of drug-likeness (QED) is 0.699. The number of rotatable bonds is 6. The van der Waals surface area contributed by atoms with E-state index in [9.17, 15) is 4.79 Å². The van der Waals surface area contributed by atoms with Crippen LogP contribution in [0.3, 0.4) is 0 Å². The number of nitrogens with zero attached hydrogens (tertiary/aromatic N) is 3. The summed E-state index contributed by atoms with van der Waals surface area (Å²) in [6, 6.07) is 5.65. The van der Waals surface area contributed by atoms with Crippen molar-refractivity contribution in [2.75, 3.05) is 19.5 Å². The van der Waals surface area contributed by atoms with E-state index < -0.39 is 5.54 Å². The second kappa shape index (κ2) is 7.40. The number of carbonyl (C=O) groups excluding carboxylic acids is 1. The maximum absolute atomic E-state index is 12.7. The lowest BCUT2D eigenvalue weighted by molar-refractivity contribution is -0.123. The van der Waals surface area contributed by atoms with E-state index in [0.29, 0.717) is 16.6 Å². The van der Waals surface area contributed by atoms with Gasteiger partial charge in [-0.05, 0) is 38.5 Å². The van der Waals surface area contributed by atoms with E-state index in [1.54, 1.807) is 31.3 Å². The summed E-state index contributed by atoms with van der Waals surface area (Å²) in [6.07, 6.45) is 5.30. The van der Waals surface area contributed by atoms with E-state index in [2.05, 4.69) is 15.4 Å². The summed E-state index contributed by atoms with van der Waals surface area (Å²) in [7, 11) is 3.19. The molecule has 0 aliphatic rings. The molecule has 0 fully saturated rings. The lowest BCUT2D eigenvalue weighted by Gasteiger charge is -2.23. The van der Waals surface area contributed by atoms with E-state index in [1.807, 2.05) is 45.2 Å². The molecule has 27 heavy (non-hydrogen) atoms. The number of carbonyl (C=O) groups is 1. The van der Waals surface area contributed by atoms with Crippen molar-refractivity contribution >= 4 is 22.4 Å². The number of aryl methyl sites for hydroxylation is 1. The first-order valence-electron chi connectivity index (χ1n) is 8.36. The first-order chi connectivity index (χ1) is 12.8. The number of aromatic nitrogens is 3. The molecule has 2 aromatic heterocycles. The highest BCUT2D eigenvalue weighted by Crippen LogP contribution is 2.32. The molecule has 1 aromatic carbocycles. The fourth-order valence-electron chi connectivity index (χ4n) is 2.56. The normalized spacial score (nSPS) is 11.3. The standard InChI is InChI=1S/C19H22N4O3S/c1-12-9-20-18(27-12)22-17(24)19(2,3)23-11-14(10-21-23)13-6-7-15(25-4)16(8-13)26-5/h6-11H,1-5H3,(H,20,22,24). The van der Waals surface area contributed by atoms with Gasteiger partial charge in [0.1, 0.15) is 5.54 Å². The Morgan fingerprint density at radius 1 is 1.15 bits per heavy atom. The molecule has 0 aliphatic carbocycles. The molecule has 0 spiro atoms. The van der Waals surface area contributed by atoms with Gasteiger partial charge in [0.15, 0.2) is 16.6 Å². The minimum absolute atomic E-state index is 0.182. The van der Waals surface area contributed by atoms with Crippen molar-refractivity contribution < 1.29 is 14.3 Å². The Hall–Kier alpha value is -2.87. The van der Waals surface area contributed by atoms with Crippen LogP contribution in [0.4, 0.5) is 5.13 Å². The fourth-order valence-corrected chi connectivity index (χ4v) is 3.22. The number of hydrogen-bond donors (Lipinski definition) is 1. The third-order valence-corrected chi connectivity index (χ3v) is 5.10. The highest BCUT2D eigenvalue weighted by Gasteiger charge is 2.31. The molecule has 3 aromatic rings. The van der Waals surface area contributed by atoms with Gasteiger partial charge >= 0.3 is 0 Å². The molecule has 142 valence electrons. The van der Waals surface area contributed by atoms with Crippen LogP contribution in [0.2, 0.25) is 0 Å². The zero-order chi connectivity index (χ0) is 19.6. The lowest BCUT2D eigenvalue weighted by atomic mass is 10.0. The molecule has 1 N–H and O–H groups in total. The third kappa shape index (κ3) is 3.80. The Bertz CT molecular complexity index is 962. The van der Waals surface area contributed by atoms with E-state index in [0.717, 1.165) is 16.0 Å². The SMILES string of the molecule is COc1ccc(-c2cnn(C(C)(C)C(=O)Nc3ncc(C)s3)c2)cc1OC. The molecular formula is C19H22N4O3S. The van der Waals surface area contributed by atoms with Gasteiger partial charge in [-0.15, -0.1) is 11.3 Å².